The standard InChI is InChI=1S/C84H100Cl2F3N13O25/c1-36(2)24-50(91-5)75(114)98-66-68(109)40-11-16-54(48(85)27-40)122-56-29-42-30-57(72(56)126-82-73(71(112)70(111)58(35-103)124-82)125-61-34-83(4,74(113)37(3)121-61)92-20-23-102-21-18-43(19-22-102)93-60(108)25-38-8-13-45(14-9-38)127-84(87,88)89)123-55-17-12-41(28-49(55)86)69(110)67-80(119)97-65(81(120)100-101(6)7)47-31-44(104)32-53(106)62(47)46-26-39(10-15-52(46)105)63(77(116)99-67)96-78(117)64(42)95-76(115)51(33-59(90)107)94-79(66)118/h8-17,26-32,36-37,43,50-51,58,61,63-71,73-74,82,91-92,103-106,109-113H,18-25,33-35H2,1-7H3,(H2,90,107)(H,93,108)(H,94,118)(H,95,115)(H,96,117)(H,97,119)(H,98,114)(H,99,116)(H,100,120)/t37-,50+,51-,58+,61-,63+,64+,65+,66+,67-,68+,69+,70+,71-,73+,74+,82-,83-/m0/s1. The minimum Gasteiger partial charge on any atom is -0.508 e. The summed E-state index contributed by atoms with van der Waals surface area (Å²) in [4.78, 5) is 135. The van der Waals surface area contributed by atoms with Gasteiger partial charge < -0.3 is 138 Å². The first-order chi connectivity index (χ1) is 60.0. The van der Waals surface area contributed by atoms with Gasteiger partial charge in [0.2, 0.25) is 59.3 Å². The Balaban J connectivity index is 0.961. The van der Waals surface area contributed by atoms with E-state index in [2.05, 4.69) is 62.9 Å². The minimum absolute atomic E-state index is 0.0897. The lowest BCUT2D eigenvalue weighted by Gasteiger charge is -2.48. The molecule has 8 aliphatic rings. The zero-order chi connectivity index (χ0) is 92.1. The van der Waals surface area contributed by atoms with Gasteiger partial charge in [-0.1, -0.05) is 67.4 Å². The molecule has 3 fully saturated rings. The van der Waals surface area contributed by atoms with E-state index >= 15 is 24.0 Å². The molecule has 0 spiro atoms. The number of ether oxygens (including phenoxy) is 7. The third-order valence-corrected chi connectivity index (χ3v) is 23.1. The van der Waals surface area contributed by atoms with Gasteiger partial charge in [0.25, 0.3) is 5.91 Å². The largest absolute Gasteiger partial charge is 0.573 e. The van der Waals surface area contributed by atoms with E-state index in [1.165, 1.54) is 56.5 Å². The summed E-state index contributed by atoms with van der Waals surface area (Å²) in [7, 11) is 4.29. The Morgan fingerprint density at radius 3 is 1.94 bits per heavy atom. The van der Waals surface area contributed by atoms with E-state index in [4.69, 9.17) is 57.4 Å². The molecule has 0 unspecified atom stereocenters. The van der Waals surface area contributed by atoms with Gasteiger partial charge in [-0.3, -0.25) is 48.6 Å². The number of piperidine rings is 1. The van der Waals surface area contributed by atoms with E-state index in [1.54, 1.807) is 13.8 Å². The second-order valence-corrected chi connectivity index (χ2v) is 33.5. The molecule has 6 aromatic rings. The van der Waals surface area contributed by atoms with Crippen LogP contribution in [0.15, 0.2) is 103 Å². The fourth-order valence-corrected chi connectivity index (χ4v) is 16.5. The molecule has 686 valence electrons. The number of phenols is 3. The number of likely N-dealkylation sites (N-methyl/N-ethyl adjacent to an activating group) is 1. The molecule has 6 aromatic carbocycles. The van der Waals surface area contributed by atoms with Crippen LogP contribution >= 0.6 is 23.2 Å². The number of hydrogen-bond donors (Lipinski definition) is 20. The van der Waals surface area contributed by atoms with Crippen molar-refractivity contribution in [1.29, 1.82) is 0 Å². The number of carbonyl (C=O) groups excluding carboxylic acids is 9. The SMILES string of the molecule is CN[C@H](CC(C)C)C(=O)N[C@H]1C(=O)N[C@@H](CC(N)=O)C(=O)N[C@H]2C(=O)N[C@H]3C(=O)N[C@H](C(=O)N[C@@H](C(=O)NN(C)C)c4cc(O)cc(O)c4-c4cc3ccc4O)[C@H](O)c3ccc(c(Cl)c3)Oc3cc2cc(c3O[C@@H]2O[C@H](CO)[C@@H](O)[C@H](O)[C@H]2O[C@H]2C[C@](C)(NCCN3CCC(NC(=O)Cc4ccc(OC(F)(F)F)cc4)CC3)[C@H](O)[C@H](C)O2)Oc2ccc(cc2Cl)[C@H]1O. The van der Waals surface area contributed by atoms with Crippen LogP contribution in [0.3, 0.4) is 0 Å². The third-order valence-electron chi connectivity index (χ3n) is 22.5. The molecule has 43 heteroatoms. The number of aliphatic hydroxyl groups excluding tert-OH is 6. The number of rotatable bonds is 22. The zero-order valence-corrected chi connectivity index (χ0v) is 71.0. The third kappa shape index (κ3) is 22.6. The fourth-order valence-electron chi connectivity index (χ4n) is 16.0. The van der Waals surface area contributed by atoms with Crippen molar-refractivity contribution in [2.45, 2.75) is 188 Å². The molecule has 21 N–H and O–H groups in total. The average molecular weight is 1820 g/mol. The van der Waals surface area contributed by atoms with E-state index in [0.29, 0.717) is 38.0 Å². The Morgan fingerprint density at radius 1 is 0.717 bits per heavy atom. The van der Waals surface area contributed by atoms with Gasteiger partial charge in [-0.05, 0) is 146 Å². The highest BCUT2D eigenvalue weighted by molar-refractivity contribution is 6.32. The average Bonchev–Trinajstić information content (AvgIpc) is 0.764. The van der Waals surface area contributed by atoms with Crippen LogP contribution in [0.4, 0.5) is 13.2 Å². The van der Waals surface area contributed by atoms with E-state index in [-0.39, 0.29) is 76.7 Å². The summed E-state index contributed by atoms with van der Waals surface area (Å²) in [5.74, 6) is -15.8. The zero-order valence-electron chi connectivity index (χ0n) is 69.5. The van der Waals surface area contributed by atoms with Crippen LogP contribution in [0.25, 0.3) is 11.1 Å². The fraction of sp³-hybridized carbons (Fsp3) is 0.464. The Bertz CT molecular complexity index is 5100. The maximum Gasteiger partial charge on any atom is 0.573 e. The van der Waals surface area contributed by atoms with Crippen LogP contribution in [-0.2, 0) is 63.8 Å². The molecular formula is C84H100Cl2F3N13O25. The molecule has 8 heterocycles. The second-order valence-electron chi connectivity index (χ2n) is 32.6. The normalized spacial score (nSPS) is 26.9. The Kier molecular flexibility index (Phi) is 30.0. The van der Waals surface area contributed by atoms with Crippen molar-refractivity contribution in [3.8, 4) is 62.9 Å². The molecule has 0 radical (unpaired) electrons. The number of aliphatic hydroxyl groups is 6. The summed E-state index contributed by atoms with van der Waals surface area (Å²) < 4.78 is 81.8. The molecule has 0 aromatic heterocycles. The number of amides is 9. The number of nitrogens with two attached hydrogens (primary N) is 1. The van der Waals surface area contributed by atoms with E-state index in [1.807, 2.05) is 13.8 Å². The minimum atomic E-state index is -4.88. The number of alkyl halides is 3. The molecule has 9 amide bonds. The van der Waals surface area contributed by atoms with Gasteiger partial charge in [-0.15, -0.1) is 13.2 Å². The van der Waals surface area contributed by atoms with E-state index < -0.39 is 244 Å². The second kappa shape index (κ2) is 40.1. The molecule has 127 heavy (non-hydrogen) atoms. The number of fused-ring (bicyclic) bond motifs is 15. The van der Waals surface area contributed by atoms with Crippen molar-refractivity contribution < 1.29 is 135 Å². The van der Waals surface area contributed by atoms with Crippen molar-refractivity contribution in [2.75, 3.05) is 53.9 Å². The van der Waals surface area contributed by atoms with E-state index in [9.17, 15) is 78.3 Å². The van der Waals surface area contributed by atoms with Gasteiger partial charge >= 0.3 is 6.36 Å². The molecule has 11 bridgehead atoms. The first-order valence-corrected chi connectivity index (χ1v) is 41.3. The van der Waals surface area contributed by atoms with Crippen molar-refractivity contribution in [3.05, 3.63) is 147 Å². The number of aromatic hydroxyl groups is 3. The van der Waals surface area contributed by atoms with Crippen LogP contribution in [-0.4, -0.2) is 254 Å². The molecule has 0 saturated carbocycles. The summed E-state index contributed by atoms with van der Waals surface area (Å²) in [5.41, 5.74) is 5.00. The van der Waals surface area contributed by atoms with Gasteiger partial charge in [0.15, 0.2) is 23.9 Å². The number of benzene rings is 6. The van der Waals surface area contributed by atoms with Gasteiger partial charge in [-0.2, -0.15) is 0 Å². The highest BCUT2D eigenvalue weighted by atomic mass is 35.5. The molecule has 18 atom stereocenters. The van der Waals surface area contributed by atoms with Crippen molar-refractivity contribution >= 4 is 76.4 Å². The molecule has 3 saturated heterocycles. The maximum absolute atomic E-state index is 16.3. The molecular weight excluding hydrogens is 1720 g/mol. The Labute approximate surface area is 734 Å². The summed E-state index contributed by atoms with van der Waals surface area (Å²) in [6.07, 6.45) is -22.9. The summed E-state index contributed by atoms with van der Waals surface area (Å²) in [5, 5.41) is 131. The number of nitrogens with one attached hydrogen (secondary N) is 10. The lowest BCUT2D eigenvalue weighted by Crippen LogP contribution is -2.66. The van der Waals surface area contributed by atoms with Crippen LogP contribution < -0.4 is 78.0 Å². The van der Waals surface area contributed by atoms with Crippen LogP contribution in [0.5, 0.6) is 51.7 Å². The van der Waals surface area contributed by atoms with Gasteiger partial charge in [0.05, 0.1) is 47.7 Å². The number of carbonyl (C=O) groups is 9. The maximum atomic E-state index is 16.3. The number of halogens is 5. The first-order valence-electron chi connectivity index (χ1n) is 40.6. The van der Waals surface area contributed by atoms with Crippen LogP contribution in [0.1, 0.15) is 124 Å². The number of hydrazine groups is 1. The molecule has 0 aliphatic carbocycles. The quantitative estimate of drug-likeness (QED) is 0.0432. The van der Waals surface area contributed by atoms with Gasteiger partial charge in [0, 0.05) is 75.5 Å². The number of hydrogen-bond acceptors (Lipinski definition) is 29. The molecule has 8 aliphatic heterocycles. The highest BCUT2D eigenvalue weighted by Crippen LogP contribution is 2.50. The van der Waals surface area contributed by atoms with Gasteiger partial charge in [-0.25, -0.2) is 5.01 Å². The summed E-state index contributed by atoms with van der Waals surface area (Å²) in [6, 6.07) is 4.70. The summed E-state index contributed by atoms with van der Waals surface area (Å²) in [6.45, 7) is 7.60. The topological polar surface area (TPSA) is 553 Å². The number of phenolic OH excluding ortho intramolecular Hbond substituents is 3. The van der Waals surface area contributed by atoms with Crippen molar-refractivity contribution in [3.63, 3.8) is 0 Å². The number of nitrogens with zero attached hydrogens (tertiary/aromatic N) is 2. The van der Waals surface area contributed by atoms with Crippen molar-refractivity contribution in [2.24, 2.45) is 11.7 Å². The lowest BCUT2D eigenvalue weighted by molar-refractivity contribution is -0.334. The summed E-state index contributed by atoms with van der Waals surface area (Å²) >= 11 is 14.4. The lowest BCUT2D eigenvalue weighted by atomic mass is 9.85. The molecule has 38 nitrogen and oxygen atoms in total. The Hall–Kier alpha value is -11.0. The van der Waals surface area contributed by atoms with E-state index in [0.717, 1.165) is 72.8 Å². The van der Waals surface area contributed by atoms with Crippen LogP contribution in [0.2, 0.25) is 10.0 Å². The van der Waals surface area contributed by atoms with Crippen LogP contribution in [0, 0.1) is 5.92 Å². The number of likely N-dealkylation sites (tertiary alicyclic amines) is 1. The van der Waals surface area contributed by atoms with Crippen molar-refractivity contribution in [1.82, 2.24) is 63.2 Å². The predicted octanol–water partition coefficient (Wildman–Crippen LogP) is 1.97. The molecule has 14 rings (SSSR count). The predicted molar refractivity (Wildman–Crippen MR) is 442 cm³/mol. The Morgan fingerprint density at radius 2 is 1.34 bits per heavy atom. The van der Waals surface area contributed by atoms with Gasteiger partial charge in [0.1, 0.15) is 101 Å². The number of primary amides is 1. The smallest absolute Gasteiger partial charge is 0.508 e. The highest BCUT2D eigenvalue weighted by Gasteiger charge is 2.53. The first kappa shape index (κ1) is 95.1. The monoisotopic (exact) mass is 1820 g/mol.